The standard InChI is InChI=1S/C13H22N4O2/c1-3-10-11(14)12(16(2)15-10)13(19)17(7-8-18)9-5-4-6-9/h9,18H,3-8,14H2,1-2H3. The molecule has 19 heavy (non-hydrogen) atoms. The molecule has 6 heteroatoms. The van der Waals surface area contributed by atoms with Crippen molar-refractivity contribution in [2.45, 2.75) is 38.6 Å². The maximum atomic E-state index is 12.6. The Morgan fingerprint density at radius 3 is 2.68 bits per heavy atom. The molecule has 3 N–H and O–H groups in total. The first-order valence-corrected chi connectivity index (χ1v) is 6.83. The third-order valence-electron chi connectivity index (χ3n) is 3.82. The molecule has 0 bridgehead atoms. The summed E-state index contributed by atoms with van der Waals surface area (Å²) in [4.78, 5) is 14.3. The number of carbonyl (C=O) groups is 1. The van der Waals surface area contributed by atoms with Gasteiger partial charge in [0.2, 0.25) is 0 Å². The summed E-state index contributed by atoms with van der Waals surface area (Å²) in [6, 6.07) is 0.235. The fourth-order valence-corrected chi connectivity index (χ4v) is 2.50. The molecule has 0 unspecified atom stereocenters. The van der Waals surface area contributed by atoms with Gasteiger partial charge in [-0.15, -0.1) is 0 Å². The van der Waals surface area contributed by atoms with Crippen molar-refractivity contribution in [3.63, 3.8) is 0 Å². The highest BCUT2D eigenvalue weighted by Gasteiger charge is 2.32. The Morgan fingerprint density at radius 1 is 1.58 bits per heavy atom. The Morgan fingerprint density at radius 2 is 2.26 bits per heavy atom. The molecule has 0 atom stereocenters. The van der Waals surface area contributed by atoms with E-state index in [0.29, 0.717) is 24.3 Å². The van der Waals surface area contributed by atoms with Crippen LogP contribution in [0.2, 0.25) is 0 Å². The minimum atomic E-state index is -0.119. The Balaban J connectivity index is 2.28. The van der Waals surface area contributed by atoms with Gasteiger partial charge in [0.15, 0.2) is 0 Å². The summed E-state index contributed by atoms with van der Waals surface area (Å²) in [5.74, 6) is -0.119. The van der Waals surface area contributed by atoms with E-state index in [0.717, 1.165) is 25.0 Å². The lowest BCUT2D eigenvalue weighted by molar-refractivity contribution is 0.0516. The molecule has 1 heterocycles. The Hall–Kier alpha value is -1.56. The van der Waals surface area contributed by atoms with Gasteiger partial charge in [0, 0.05) is 19.6 Å². The minimum absolute atomic E-state index is 0.0272. The van der Waals surface area contributed by atoms with Gasteiger partial charge < -0.3 is 15.7 Å². The molecule has 1 aromatic rings. The van der Waals surface area contributed by atoms with Crippen molar-refractivity contribution in [3.8, 4) is 0 Å². The van der Waals surface area contributed by atoms with Gasteiger partial charge in [-0.3, -0.25) is 9.48 Å². The first-order valence-electron chi connectivity index (χ1n) is 6.83. The van der Waals surface area contributed by atoms with Crippen LogP contribution in [0.15, 0.2) is 0 Å². The van der Waals surface area contributed by atoms with E-state index in [2.05, 4.69) is 5.10 Å². The molecule has 0 saturated heterocycles. The van der Waals surface area contributed by atoms with Crippen LogP contribution in [0, 0.1) is 0 Å². The van der Waals surface area contributed by atoms with Crippen LogP contribution < -0.4 is 5.73 Å². The van der Waals surface area contributed by atoms with Crippen LogP contribution in [-0.4, -0.2) is 44.9 Å². The molecule has 0 spiro atoms. The van der Waals surface area contributed by atoms with Crippen LogP contribution in [0.3, 0.4) is 0 Å². The smallest absolute Gasteiger partial charge is 0.274 e. The zero-order valence-electron chi connectivity index (χ0n) is 11.6. The van der Waals surface area contributed by atoms with Gasteiger partial charge in [-0.1, -0.05) is 6.92 Å². The Bertz CT molecular complexity index is 465. The lowest BCUT2D eigenvalue weighted by Gasteiger charge is -2.37. The quantitative estimate of drug-likeness (QED) is 0.815. The second-order valence-corrected chi connectivity index (χ2v) is 4.99. The molecule has 2 rings (SSSR count). The van der Waals surface area contributed by atoms with E-state index in [1.54, 1.807) is 16.6 Å². The minimum Gasteiger partial charge on any atom is -0.395 e. The number of nitrogens with two attached hydrogens (primary N) is 1. The van der Waals surface area contributed by atoms with Gasteiger partial charge in [-0.2, -0.15) is 5.10 Å². The summed E-state index contributed by atoms with van der Waals surface area (Å²) in [5.41, 5.74) is 7.68. The van der Waals surface area contributed by atoms with E-state index >= 15 is 0 Å². The first-order chi connectivity index (χ1) is 9.10. The van der Waals surface area contributed by atoms with Crippen LogP contribution in [0.4, 0.5) is 5.69 Å². The van der Waals surface area contributed by atoms with Gasteiger partial charge in [0.25, 0.3) is 5.91 Å². The number of aryl methyl sites for hydroxylation is 2. The van der Waals surface area contributed by atoms with E-state index in [9.17, 15) is 4.79 Å². The molecule has 6 nitrogen and oxygen atoms in total. The van der Waals surface area contributed by atoms with Crippen molar-refractivity contribution >= 4 is 11.6 Å². The van der Waals surface area contributed by atoms with Crippen LogP contribution in [0.1, 0.15) is 42.4 Å². The first kappa shape index (κ1) is 13.9. The maximum absolute atomic E-state index is 12.6. The van der Waals surface area contributed by atoms with Gasteiger partial charge in [0.05, 0.1) is 18.0 Å². The topological polar surface area (TPSA) is 84.4 Å². The van der Waals surface area contributed by atoms with Crippen molar-refractivity contribution in [2.75, 3.05) is 18.9 Å². The fraction of sp³-hybridized carbons (Fsp3) is 0.692. The molecule has 1 aliphatic carbocycles. The fourth-order valence-electron chi connectivity index (χ4n) is 2.50. The number of carbonyl (C=O) groups excluding carboxylic acids is 1. The molecule has 106 valence electrons. The summed E-state index contributed by atoms with van der Waals surface area (Å²) in [5, 5.41) is 13.4. The highest BCUT2D eigenvalue weighted by molar-refractivity contribution is 5.98. The summed E-state index contributed by atoms with van der Waals surface area (Å²) in [6.07, 6.45) is 3.85. The molecule has 0 aliphatic heterocycles. The molecule has 0 aromatic carbocycles. The number of nitrogen functional groups attached to an aromatic ring is 1. The third kappa shape index (κ3) is 2.45. The van der Waals surface area contributed by atoms with E-state index in [-0.39, 0.29) is 18.6 Å². The molecular weight excluding hydrogens is 244 g/mol. The summed E-state index contributed by atoms with van der Waals surface area (Å²) in [6.45, 7) is 2.29. The zero-order chi connectivity index (χ0) is 14.0. The number of aliphatic hydroxyl groups excluding tert-OH is 1. The van der Waals surface area contributed by atoms with E-state index in [1.165, 1.54) is 0 Å². The highest BCUT2D eigenvalue weighted by atomic mass is 16.3. The predicted octanol–water partition coefficient (Wildman–Crippen LogP) is 0.552. The van der Waals surface area contributed by atoms with Crippen molar-refractivity contribution < 1.29 is 9.90 Å². The molecule has 1 aliphatic rings. The number of amides is 1. The van der Waals surface area contributed by atoms with Crippen LogP contribution >= 0.6 is 0 Å². The Kier molecular flexibility index (Phi) is 4.09. The number of aromatic nitrogens is 2. The average molecular weight is 266 g/mol. The normalized spacial score (nSPS) is 15.3. The number of anilines is 1. The van der Waals surface area contributed by atoms with Gasteiger partial charge in [0.1, 0.15) is 5.69 Å². The molecule has 1 saturated carbocycles. The van der Waals surface area contributed by atoms with Crippen molar-refractivity contribution in [3.05, 3.63) is 11.4 Å². The molecular formula is C13H22N4O2. The lowest BCUT2D eigenvalue weighted by atomic mass is 9.91. The van der Waals surface area contributed by atoms with Crippen LogP contribution in [0.25, 0.3) is 0 Å². The SMILES string of the molecule is CCc1nn(C)c(C(=O)N(CCO)C2CCC2)c1N. The van der Waals surface area contributed by atoms with E-state index < -0.39 is 0 Å². The Labute approximate surface area is 113 Å². The molecule has 1 fully saturated rings. The van der Waals surface area contributed by atoms with Crippen molar-refractivity contribution in [2.24, 2.45) is 7.05 Å². The van der Waals surface area contributed by atoms with Gasteiger partial charge in [-0.05, 0) is 25.7 Å². The average Bonchev–Trinajstić information content (AvgIpc) is 2.60. The lowest BCUT2D eigenvalue weighted by Crippen LogP contribution is -2.46. The van der Waals surface area contributed by atoms with Crippen LogP contribution in [-0.2, 0) is 13.5 Å². The van der Waals surface area contributed by atoms with Crippen LogP contribution in [0.5, 0.6) is 0 Å². The number of nitrogens with zero attached hydrogens (tertiary/aromatic N) is 3. The monoisotopic (exact) mass is 266 g/mol. The van der Waals surface area contributed by atoms with E-state index in [1.807, 2.05) is 6.92 Å². The predicted molar refractivity (Wildman–Crippen MR) is 72.8 cm³/mol. The molecule has 1 aromatic heterocycles. The maximum Gasteiger partial charge on any atom is 0.274 e. The summed E-state index contributed by atoms with van der Waals surface area (Å²) in [7, 11) is 1.74. The second kappa shape index (κ2) is 5.61. The third-order valence-corrected chi connectivity index (χ3v) is 3.82. The number of hydrogen-bond acceptors (Lipinski definition) is 4. The van der Waals surface area contributed by atoms with Crippen molar-refractivity contribution in [1.29, 1.82) is 0 Å². The zero-order valence-corrected chi connectivity index (χ0v) is 11.6. The van der Waals surface area contributed by atoms with Gasteiger partial charge in [-0.25, -0.2) is 0 Å². The number of rotatable bonds is 5. The molecule has 0 radical (unpaired) electrons. The molecule has 1 amide bonds. The largest absolute Gasteiger partial charge is 0.395 e. The van der Waals surface area contributed by atoms with Gasteiger partial charge >= 0.3 is 0 Å². The van der Waals surface area contributed by atoms with Crippen molar-refractivity contribution in [1.82, 2.24) is 14.7 Å². The number of hydrogen-bond donors (Lipinski definition) is 2. The van der Waals surface area contributed by atoms with E-state index in [4.69, 9.17) is 10.8 Å². The summed E-state index contributed by atoms with van der Waals surface area (Å²) >= 11 is 0. The summed E-state index contributed by atoms with van der Waals surface area (Å²) < 4.78 is 1.56. The number of aliphatic hydroxyl groups is 1. The second-order valence-electron chi connectivity index (χ2n) is 4.99. The highest BCUT2D eigenvalue weighted by Crippen LogP contribution is 2.27.